The third-order valence-corrected chi connectivity index (χ3v) is 3.11. The normalized spacial score (nSPS) is 19.6. The van der Waals surface area contributed by atoms with E-state index in [0.29, 0.717) is 19.2 Å². The summed E-state index contributed by atoms with van der Waals surface area (Å²) in [4.78, 5) is 11.8. The number of carbonyl (C=O) groups is 1. The fourth-order valence-electron chi connectivity index (χ4n) is 1.57. The molecule has 0 aliphatic carbocycles. The maximum atomic E-state index is 13.4. The fraction of sp³-hybridized carbons (Fsp3) is 0.364. The number of hydrogen-bond donors (Lipinski definition) is 2. The molecule has 0 bridgehead atoms. The quantitative estimate of drug-likeness (QED) is 0.815. The molecule has 1 amide bonds. The van der Waals surface area contributed by atoms with Gasteiger partial charge in [0.2, 0.25) is 5.91 Å². The second kappa shape index (κ2) is 5.73. The maximum Gasteiger partial charge on any atom is 0.243 e. The molecular weight excluding hydrogens is 310 g/mol. The van der Waals surface area contributed by atoms with Gasteiger partial charge in [0, 0.05) is 12.6 Å². The molecule has 1 aliphatic heterocycles. The lowest BCUT2D eigenvalue weighted by Crippen LogP contribution is -2.48. The number of benzene rings is 1. The van der Waals surface area contributed by atoms with Gasteiger partial charge in [0.1, 0.15) is 17.7 Å². The summed E-state index contributed by atoms with van der Waals surface area (Å²) in [5.41, 5.74) is -0.0688. The van der Waals surface area contributed by atoms with E-state index >= 15 is 0 Å². The fourth-order valence-corrected chi connectivity index (χ4v) is 1.92. The van der Waals surface area contributed by atoms with E-state index in [9.17, 15) is 13.6 Å². The first-order valence-corrected chi connectivity index (χ1v) is 6.14. The average molecular weight is 321 g/mol. The minimum absolute atomic E-state index is 0.0688. The molecule has 1 unspecified atom stereocenters. The van der Waals surface area contributed by atoms with Crippen LogP contribution in [0.3, 0.4) is 0 Å². The van der Waals surface area contributed by atoms with Crippen LogP contribution in [-0.2, 0) is 9.53 Å². The molecule has 1 saturated heterocycles. The number of carbonyl (C=O) groups excluding carboxylic acids is 1. The van der Waals surface area contributed by atoms with Gasteiger partial charge in [-0.05, 0) is 22.0 Å². The molecule has 2 N–H and O–H groups in total. The molecule has 1 aromatic rings. The van der Waals surface area contributed by atoms with Crippen LogP contribution in [0.25, 0.3) is 0 Å². The predicted molar refractivity (Wildman–Crippen MR) is 65.3 cm³/mol. The Morgan fingerprint density at radius 2 is 2.22 bits per heavy atom. The van der Waals surface area contributed by atoms with Crippen molar-refractivity contribution in [1.29, 1.82) is 0 Å². The van der Waals surface area contributed by atoms with Crippen molar-refractivity contribution in [2.75, 3.05) is 25.1 Å². The number of rotatable bonds is 2. The topological polar surface area (TPSA) is 50.4 Å². The van der Waals surface area contributed by atoms with Crippen molar-refractivity contribution in [3.63, 3.8) is 0 Å². The lowest BCUT2D eigenvalue weighted by atomic mass is 10.2. The molecule has 0 radical (unpaired) electrons. The Labute approximate surface area is 111 Å². The first kappa shape index (κ1) is 13.4. The van der Waals surface area contributed by atoms with E-state index < -0.39 is 23.6 Å². The predicted octanol–water partition coefficient (Wildman–Crippen LogP) is 1.65. The highest BCUT2D eigenvalue weighted by Crippen LogP contribution is 2.23. The van der Waals surface area contributed by atoms with Crippen molar-refractivity contribution in [2.45, 2.75) is 6.04 Å². The Bertz CT molecular complexity index is 465. The number of amides is 1. The number of ether oxygens (including phenoxy) is 1. The van der Waals surface area contributed by atoms with Crippen molar-refractivity contribution in [2.24, 2.45) is 0 Å². The highest BCUT2D eigenvalue weighted by Gasteiger charge is 2.22. The molecule has 7 heteroatoms. The number of morpholine rings is 1. The zero-order chi connectivity index (χ0) is 13.1. The molecule has 4 nitrogen and oxygen atoms in total. The van der Waals surface area contributed by atoms with Crippen molar-refractivity contribution >= 4 is 27.5 Å². The summed E-state index contributed by atoms with van der Waals surface area (Å²) in [6.07, 6.45) is 0. The van der Waals surface area contributed by atoms with Crippen molar-refractivity contribution < 1.29 is 18.3 Å². The van der Waals surface area contributed by atoms with Gasteiger partial charge in [-0.1, -0.05) is 0 Å². The molecule has 2 rings (SSSR count). The summed E-state index contributed by atoms with van der Waals surface area (Å²) in [6, 6.07) is 1.37. The molecule has 1 aliphatic rings. The van der Waals surface area contributed by atoms with Crippen LogP contribution in [0.2, 0.25) is 0 Å². The lowest BCUT2D eigenvalue weighted by Gasteiger charge is -2.23. The molecule has 1 fully saturated rings. The number of anilines is 1. The van der Waals surface area contributed by atoms with Gasteiger partial charge in [-0.3, -0.25) is 4.79 Å². The Kier molecular flexibility index (Phi) is 4.26. The van der Waals surface area contributed by atoms with E-state index in [2.05, 4.69) is 26.6 Å². The summed E-state index contributed by atoms with van der Waals surface area (Å²) in [5.74, 6) is -1.95. The first-order chi connectivity index (χ1) is 8.58. The summed E-state index contributed by atoms with van der Waals surface area (Å²) < 4.78 is 31.7. The zero-order valence-electron chi connectivity index (χ0n) is 9.30. The summed E-state index contributed by atoms with van der Waals surface area (Å²) in [5, 5.41) is 5.33. The third-order valence-electron chi connectivity index (χ3n) is 2.51. The van der Waals surface area contributed by atoms with Crippen LogP contribution < -0.4 is 10.6 Å². The first-order valence-electron chi connectivity index (χ1n) is 5.34. The van der Waals surface area contributed by atoms with Crippen LogP contribution in [-0.4, -0.2) is 31.7 Å². The zero-order valence-corrected chi connectivity index (χ0v) is 10.9. The molecule has 0 saturated carbocycles. The van der Waals surface area contributed by atoms with Gasteiger partial charge in [0.05, 0.1) is 23.4 Å². The molecular formula is C11H11BrF2N2O2. The van der Waals surface area contributed by atoms with Gasteiger partial charge in [0.15, 0.2) is 0 Å². The minimum atomic E-state index is -0.819. The second-order valence-electron chi connectivity index (χ2n) is 3.82. The van der Waals surface area contributed by atoms with E-state index in [1.807, 2.05) is 0 Å². The van der Waals surface area contributed by atoms with Crippen molar-refractivity contribution in [1.82, 2.24) is 5.32 Å². The van der Waals surface area contributed by atoms with E-state index in [1.54, 1.807) is 0 Å². The molecule has 1 heterocycles. The van der Waals surface area contributed by atoms with Gasteiger partial charge in [-0.25, -0.2) is 8.78 Å². The van der Waals surface area contributed by atoms with E-state index in [-0.39, 0.29) is 16.8 Å². The van der Waals surface area contributed by atoms with Crippen LogP contribution in [0.5, 0.6) is 0 Å². The highest BCUT2D eigenvalue weighted by molar-refractivity contribution is 9.10. The van der Waals surface area contributed by atoms with Gasteiger partial charge in [-0.15, -0.1) is 0 Å². The molecule has 98 valence electrons. The Morgan fingerprint density at radius 1 is 1.44 bits per heavy atom. The smallest absolute Gasteiger partial charge is 0.243 e. The maximum absolute atomic E-state index is 13.4. The van der Waals surface area contributed by atoms with Crippen molar-refractivity contribution in [3.05, 3.63) is 28.2 Å². The van der Waals surface area contributed by atoms with Crippen LogP contribution >= 0.6 is 15.9 Å². The SMILES string of the molecule is O=C(Nc1cc(Br)c(F)cc1F)C1COCCN1. The standard InChI is InChI=1S/C11H11BrF2N2O2/c12-6-3-9(8(14)4-7(6)13)16-11(17)10-5-18-2-1-15-10/h3-4,10,15H,1-2,5H2,(H,16,17). The molecule has 18 heavy (non-hydrogen) atoms. The average Bonchev–Trinajstić information content (AvgIpc) is 2.37. The number of hydrogen-bond acceptors (Lipinski definition) is 3. The Morgan fingerprint density at radius 3 is 2.89 bits per heavy atom. The summed E-state index contributed by atoms with van der Waals surface area (Å²) >= 11 is 2.93. The van der Waals surface area contributed by atoms with Crippen LogP contribution in [0, 0.1) is 11.6 Å². The summed E-state index contributed by atoms with van der Waals surface area (Å²) in [7, 11) is 0. The summed E-state index contributed by atoms with van der Waals surface area (Å²) in [6.45, 7) is 1.34. The van der Waals surface area contributed by atoms with Gasteiger partial charge < -0.3 is 15.4 Å². The molecule has 0 aromatic heterocycles. The van der Waals surface area contributed by atoms with Gasteiger partial charge in [-0.2, -0.15) is 0 Å². The second-order valence-corrected chi connectivity index (χ2v) is 4.67. The Balaban J connectivity index is 2.08. The van der Waals surface area contributed by atoms with Gasteiger partial charge in [0.25, 0.3) is 0 Å². The van der Waals surface area contributed by atoms with Gasteiger partial charge >= 0.3 is 0 Å². The van der Waals surface area contributed by atoms with E-state index in [0.717, 1.165) is 0 Å². The van der Waals surface area contributed by atoms with Crippen LogP contribution in [0.4, 0.5) is 14.5 Å². The highest BCUT2D eigenvalue weighted by atomic mass is 79.9. The van der Waals surface area contributed by atoms with Crippen LogP contribution in [0.1, 0.15) is 0 Å². The largest absolute Gasteiger partial charge is 0.378 e. The third kappa shape index (κ3) is 3.04. The molecule has 0 spiro atoms. The van der Waals surface area contributed by atoms with E-state index in [1.165, 1.54) is 6.07 Å². The monoisotopic (exact) mass is 320 g/mol. The lowest BCUT2D eigenvalue weighted by molar-refractivity contribution is -0.120. The minimum Gasteiger partial charge on any atom is -0.378 e. The van der Waals surface area contributed by atoms with Crippen molar-refractivity contribution in [3.8, 4) is 0 Å². The van der Waals surface area contributed by atoms with E-state index in [4.69, 9.17) is 4.74 Å². The molecule has 1 atom stereocenters. The molecule has 1 aromatic carbocycles. The van der Waals surface area contributed by atoms with Crippen LogP contribution in [0.15, 0.2) is 16.6 Å². The number of nitrogens with one attached hydrogen (secondary N) is 2. The number of halogens is 3. The Hall–Kier alpha value is -1.05.